The van der Waals surface area contributed by atoms with Crippen LogP contribution in [0, 0.1) is 5.92 Å². The molecule has 1 unspecified atom stereocenters. The Morgan fingerprint density at radius 1 is 1.21 bits per heavy atom. The highest BCUT2D eigenvalue weighted by Crippen LogP contribution is 2.29. The van der Waals surface area contributed by atoms with E-state index >= 15 is 0 Å². The van der Waals surface area contributed by atoms with Gasteiger partial charge in [-0.1, -0.05) is 38.3 Å². The Labute approximate surface area is 174 Å². The van der Waals surface area contributed by atoms with Crippen LogP contribution >= 0.6 is 0 Å². The molecule has 0 aliphatic heterocycles. The first-order chi connectivity index (χ1) is 14.0. The number of benzene rings is 1. The second kappa shape index (κ2) is 11.6. The van der Waals surface area contributed by atoms with E-state index in [-0.39, 0.29) is 12.0 Å². The Hall–Kier alpha value is -2.34. The van der Waals surface area contributed by atoms with Gasteiger partial charge >= 0.3 is 5.97 Å². The van der Waals surface area contributed by atoms with E-state index in [9.17, 15) is 9.59 Å². The van der Waals surface area contributed by atoms with Crippen molar-refractivity contribution in [3.8, 4) is 0 Å². The number of carbonyl (C=O) groups is 2. The highest BCUT2D eigenvalue weighted by molar-refractivity contribution is 5.91. The van der Waals surface area contributed by atoms with Gasteiger partial charge in [0, 0.05) is 25.5 Å². The van der Waals surface area contributed by atoms with E-state index in [0.717, 1.165) is 24.1 Å². The Morgan fingerprint density at radius 2 is 1.86 bits per heavy atom. The molecule has 160 valence electrons. The number of nitrogens with one attached hydrogen (secondary N) is 2. The summed E-state index contributed by atoms with van der Waals surface area (Å²) in [6, 6.07) is 7.66. The van der Waals surface area contributed by atoms with Crippen LogP contribution in [0.1, 0.15) is 57.1 Å². The molecule has 1 aliphatic rings. The molecule has 0 bridgehead atoms. The van der Waals surface area contributed by atoms with Gasteiger partial charge in [-0.05, 0) is 49.9 Å². The maximum Gasteiger partial charge on any atom is 0.337 e. The minimum Gasteiger partial charge on any atom is -0.462 e. The molecule has 0 radical (unpaired) electrons. The molecule has 0 saturated heterocycles. The molecule has 1 aromatic carbocycles. The number of esters is 1. The van der Waals surface area contributed by atoms with E-state index in [1.807, 2.05) is 57.2 Å². The summed E-state index contributed by atoms with van der Waals surface area (Å²) in [5.74, 6) is 0.0725. The van der Waals surface area contributed by atoms with Crippen LogP contribution in [0.25, 0.3) is 0 Å². The monoisotopic (exact) mass is 401 g/mol. The van der Waals surface area contributed by atoms with Gasteiger partial charge in [0.25, 0.3) is 0 Å². The van der Waals surface area contributed by atoms with Gasteiger partial charge in [-0.25, -0.2) is 4.79 Å². The van der Waals surface area contributed by atoms with E-state index in [4.69, 9.17) is 4.74 Å². The summed E-state index contributed by atoms with van der Waals surface area (Å²) in [6.45, 7) is 2.36. The van der Waals surface area contributed by atoms with Crippen LogP contribution in [0.15, 0.2) is 35.5 Å². The Balaban J connectivity index is 2.29. The van der Waals surface area contributed by atoms with Gasteiger partial charge in [0.15, 0.2) is 0 Å². The van der Waals surface area contributed by atoms with Gasteiger partial charge in [0.2, 0.25) is 6.41 Å². The number of amides is 1. The fourth-order valence-electron chi connectivity index (χ4n) is 3.92. The first-order valence-corrected chi connectivity index (χ1v) is 10.6. The number of rotatable bonds is 10. The first kappa shape index (κ1) is 22.9. The summed E-state index contributed by atoms with van der Waals surface area (Å²) in [5.41, 5.74) is 3.08. The maximum absolute atomic E-state index is 13.1. The summed E-state index contributed by atoms with van der Waals surface area (Å²) in [5, 5.41) is 5.95. The fourth-order valence-corrected chi connectivity index (χ4v) is 3.92. The summed E-state index contributed by atoms with van der Waals surface area (Å²) in [7, 11) is 5.79. The highest BCUT2D eigenvalue weighted by Gasteiger charge is 2.27. The smallest absolute Gasteiger partial charge is 0.337 e. The molecular weight excluding hydrogens is 366 g/mol. The minimum atomic E-state index is -0.368. The van der Waals surface area contributed by atoms with Crippen LogP contribution in [0.3, 0.4) is 0 Å². The topological polar surface area (TPSA) is 70.7 Å². The number of likely N-dealkylation sites (N-methyl/N-ethyl adjacent to an activating group) is 1. The number of carbonyl (C=O) groups excluding carboxylic acids is 2. The Kier molecular flexibility index (Phi) is 9.19. The zero-order valence-electron chi connectivity index (χ0n) is 18.2. The van der Waals surface area contributed by atoms with E-state index in [1.165, 1.54) is 19.3 Å². The molecule has 1 fully saturated rings. The number of hydrogen-bond donors (Lipinski definition) is 2. The molecule has 1 saturated carbocycles. The number of ether oxygens (including phenoxy) is 1. The van der Waals surface area contributed by atoms with Crippen molar-refractivity contribution in [3.05, 3.63) is 41.1 Å². The van der Waals surface area contributed by atoms with Crippen molar-refractivity contribution in [2.45, 2.75) is 51.5 Å². The van der Waals surface area contributed by atoms with Crippen molar-refractivity contribution in [1.29, 1.82) is 0 Å². The SMILES string of the molecule is CC/C(NC=O)=C(\C(=O)OCC1CCCCC1)C(NC)c1ccc(N(C)C)cc1. The molecule has 2 N–H and O–H groups in total. The molecule has 0 heterocycles. The molecule has 0 spiro atoms. The van der Waals surface area contributed by atoms with Crippen LogP contribution in [-0.4, -0.2) is 40.1 Å². The van der Waals surface area contributed by atoms with Gasteiger partial charge in [-0.3, -0.25) is 4.79 Å². The Morgan fingerprint density at radius 3 is 2.38 bits per heavy atom. The van der Waals surface area contributed by atoms with Crippen molar-refractivity contribution < 1.29 is 14.3 Å². The lowest BCUT2D eigenvalue weighted by atomic mass is 9.90. The number of nitrogens with zero attached hydrogens (tertiary/aromatic N) is 1. The summed E-state index contributed by atoms with van der Waals surface area (Å²) in [4.78, 5) is 26.3. The second-order valence-electron chi connectivity index (χ2n) is 7.82. The van der Waals surface area contributed by atoms with Crippen LogP contribution in [0.2, 0.25) is 0 Å². The molecule has 1 aliphatic carbocycles. The average molecular weight is 402 g/mol. The summed E-state index contributed by atoms with van der Waals surface area (Å²) < 4.78 is 5.74. The van der Waals surface area contributed by atoms with E-state index in [1.54, 1.807) is 0 Å². The quantitative estimate of drug-likeness (QED) is 0.356. The molecule has 1 atom stereocenters. The lowest BCUT2D eigenvalue weighted by molar-refractivity contribution is -0.141. The van der Waals surface area contributed by atoms with Crippen molar-refractivity contribution in [3.63, 3.8) is 0 Å². The summed E-state index contributed by atoms with van der Waals surface area (Å²) >= 11 is 0. The Bertz CT molecular complexity index is 692. The molecule has 6 heteroatoms. The minimum absolute atomic E-state index is 0.363. The maximum atomic E-state index is 13.1. The van der Waals surface area contributed by atoms with Gasteiger partial charge in [-0.15, -0.1) is 0 Å². The third-order valence-electron chi connectivity index (χ3n) is 5.63. The fraction of sp³-hybridized carbons (Fsp3) is 0.565. The van der Waals surface area contributed by atoms with Gasteiger partial charge in [0.1, 0.15) is 0 Å². The van der Waals surface area contributed by atoms with E-state index in [2.05, 4.69) is 10.6 Å². The average Bonchev–Trinajstić information content (AvgIpc) is 2.75. The standard InChI is InChI=1S/C23H35N3O3/c1-5-20(25-16-27)21(23(28)29-15-17-9-7-6-8-10-17)22(24-2)18-11-13-19(14-12-18)26(3)4/h11-14,16-17,22,24H,5-10,15H2,1-4H3,(H,25,27)/b21-20+. The van der Waals surface area contributed by atoms with Gasteiger partial charge < -0.3 is 20.3 Å². The van der Waals surface area contributed by atoms with Crippen molar-refractivity contribution in [1.82, 2.24) is 10.6 Å². The van der Waals surface area contributed by atoms with Crippen molar-refractivity contribution >= 4 is 18.1 Å². The molecular formula is C23H35N3O3. The molecule has 29 heavy (non-hydrogen) atoms. The third kappa shape index (κ3) is 6.32. The van der Waals surface area contributed by atoms with E-state index in [0.29, 0.717) is 36.6 Å². The number of hydrogen-bond acceptors (Lipinski definition) is 5. The normalized spacial score (nSPS) is 16.6. The predicted molar refractivity (Wildman–Crippen MR) is 117 cm³/mol. The molecule has 1 aromatic rings. The lowest BCUT2D eigenvalue weighted by Crippen LogP contribution is -2.30. The number of allylic oxidation sites excluding steroid dienone is 1. The van der Waals surface area contributed by atoms with Crippen molar-refractivity contribution in [2.75, 3.05) is 32.6 Å². The van der Waals surface area contributed by atoms with E-state index < -0.39 is 0 Å². The zero-order valence-corrected chi connectivity index (χ0v) is 18.2. The first-order valence-electron chi connectivity index (χ1n) is 10.6. The number of anilines is 1. The van der Waals surface area contributed by atoms with Crippen LogP contribution in [-0.2, 0) is 14.3 Å². The van der Waals surface area contributed by atoms with Crippen molar-refractivity contribution in [2.24, 2.45) is 5.92 Å². The van der Waals surface area contributed by atoms with Crippen LogP contribution in [0.4, 0.5) is 5.69 Å². The molecule has 6 nitrogen and oxygen atoms in total. The van der Waals surface area contributed by atoms with Gasteiger partial charge in [-0.2, -0.15) is 0 Å². The van der Waals surface area contributed by atoms with Crippen LogP contribution in [0.5, 0.6) is 0 Å². The van der Waals surface area contributed by atoms with Crippen LogP contribution < -0.4 is 15.5 Å². The zero-order chi connectivity index (χ0) is 21.2. The van der Waals surface area contributed by atoms with Gasteiger partial charge in [0.05, 0.1) is 18.2 Å². The largest absolute Gasteiger partial charge is 0.462 e. The lowest BCUT2D eigenvalue weighted by Gasteiger charge is -2.25. The summed E-state index contributed by atoms with van der Waals surface area (Å²) in [6.07, 6.45) is 7.05. The molecule has 1 amide bonds. The third-order valence-corrected chi connectivity index (χ3v) is 5.63. The molecule has 2 rings (SSSR count). The highest BCUT2D eigenvalue weighted by atomic mass is 16.5. The predicted octanol–water partition coefficient (Wildman–Crippen LogP) is 3.55. The molecule has 0 aromatic heterocycles. The second-order valence-corrected chi connectivity index (χ2v) is 7.82.